The average Bonchev–Trinajstić information content (AvgIpc) is 3.35. The van der Waals surface area contributed by atoms with E-state index in [4.69, 9.17) is 4.52 Å². The number of aromatic nitrogens is 3. The molecule has 0 aliphatic heterocycles. The van der Waals surface area contributed by atoms with Gasteiger partial charge in [-0.05, 0) is 42.6 Å². The van der Waals surface area contributed by atoms with Crippen LogP contribution in [0.3, 0.4) is 0 Å². The first-order valence-corrected chi connectivity index (χ1v) is 8.88. The van der Waals surface area contributed by atoms with Crippen molar-refractivity contribution in [3.63, 3.8) is 0 Å². The Morgan fingerprint density at radius 2 is 1.71 bits per heavy atom. The van der Waals surface area contributed by atoms with Crippen molar-refractivity contribution < 1.29 is 35.6 Å². The smallest absolute Gasteiger partial charge is 0.425 e. The molecule has 4 rings (SSSR count). The zero-order chi connectivity index (χ0) is 22.4. The van der Waals surface area contributed by atoms with Gasteiger partial charge in [0.2, 0.25) is 5.82 Å². The lowest BCUT2D eigenvalue weighted by atomic mass is 10.1. The third kappa shape index (κ3) is 4.21. The molecule has 1 atom stereocenters. The van der Waals surface area contributed by atoms with Gasteiger partial charge in [-0.1, -0.05) is 17.3 Å². The first kappa shape index (κ1) is 20.8. The van der Waals surface area contributed by atoms with Crippen LogP contribution in [-0.4, -0.2) is 27.4 Å². The molecule has 1 N–H and O–H groups in total. The maximum Gasteiger partial charge on any atom is 0.425 e. The quantitative estimate of drug-likeness (QED) is 0.381. The molecule has 2 heterocycles. The molecule has 0 aliphatic rings. The van der Waals surface area contributed by atoms with E-state index in [0.29, 0.717) is 18.6 Å². The van der Waals surface area contributed by atoms with Gasteiger partial charge in [0, 0.05) is 22.8 Å². The number of aromatic amines is 1. The summed E-state index contributed by atoms with van der Waals surface area (Å²) in [6.45, 7) is 0.624. The highest BCUT2D eigenvalue weighted by Crippen LogP contribution is 2.40. The zero-order valence-electron chi connectivity index (χ0n) is 15.7. The molecule has 0 bridgehead atoms. The van der Waals surface area contributed by atoms with E-state index in [1.807, 2.05) is 12.1 Å². The van der Waals surface area contributed by atoms with E-state index in [0.717, 1.165) is 23.0 Å². The third-order valence-electron chi connectivity index (χ3n) is 4.54. The highest BCUT2D eigenvalue weighted by Gasteiger charge is 2.41. The van der Waals surface area contributed by atoms with Gasteiger partial charge in [-0.2, -0.15) is 31.3 Å². The molecule has 31 heavy (non-hydrogen) atoms. The number of halogens is 6. The number of nitrogens with one attached hydrogen (secondary N) is 1. The number of ether oxygens (including phenoxy) is 1. The molecule has 0 saturated heterocycles. The van der Waals surface area contributed by atoms with Crippen LogP contribution >= 0.6 is 0 Å². The number of hydrogen-bond donors (Lipinski definition) is 1. The van der Waals surface area contributed by atoms with E-state index in [2.05, 4.69) is 19.9 Å². The molecule has 0 spiro atoms. The Morgan fingerprint density at radius 1 is 0.968 bits per heavy atom. The molecule has 2 aromatic heterocycles. The molecule has 0 amide bonds. The second-order valence-electron chi connectivity index (χ2n) is 6.71. The number of H-pyrrole nitrogens is 1. The van der Waals surface area contributed by atoms with E-state index in [9.17, 15) is 26.3 Å². The van der Waals surface area contributed by atoms with Gasteiger partial charge >= 0.3 is 12.4 Å². The summed E-state index contributed by atoms with van der Waals surface area (Å²) in [5.74, 6) is -1.02. The van der Waals surface area contributed by atoms with Gasteiger partial charge in [0.15, 0.2) is 6.10 Å². The van der Waals surface area contributed by atoms with E-state index < -0.39 is 29.8 Å². The maximum atomic E-state index is 13.4. The monoisotopic (exact) mass is 441 g/mol. The number of benzene rings is 2. The van der Waals surface area contributed by atoms with Crippen LogP contribution in [0.15, 0.2) is 53.2 Å². The van der Waals surface area contributed by atoms with Gasteiger partial charge in [-0.3, -0.25) is 0 Å². The largest absolute Gasteiger partial charge is 0.481 e. The summed E-state index contributed by atoms with van der Waals surface area (Å²) >= 11 is 0. The van der Waals surface area contributed by atoms with E-state index in [-0.39, 0.29) is 17.3 Å². The van der Waals surface area contributed by atoms with E-state index in [1.165, 1.54) is 0 Å². The number of rotatable bonds is 4. The fourth-order valence-corrected chi connectivity index (χ4v) is 2.89. The minimum absolute atomic E-state index is 0.112. The van der Waals surface area contributed by atoms with E-state index >= 15 is 0 Å². The molecule has 11 heteroatoms. The van der Waals surface area contributed by atoms with Crippen molar-refractivity contribution in [2.24, 2.45) is 0 Å². The molecule has 0 radical (unpaired) electrons. The maximum absolute atomic E-state index is 13.4. The van der Waals surface area contributed by atoms with Crippen molar-refractivity contribution in [2.45, 2.75) is 25.4 Å². The number of nitrogens with zero attached hydrogens (tertiary/aromatic N) is 2. The topological polar surface area (TPSA) is 63.9 Å². The van der Waals surface area contributed by atoms with Gasteiger partial charge < -0.3 is 14.2 Å². The van der Waals surface area contributed by atoms with Crippen LogP contribution in [0.4, 0.5) is 26.3 Å². The fraction of sp³-hybridized carbons (Fsp3) is 0.200. The van der Waals surface area contributed by atoms with Crippen molar-refractivity contribution in [3.05, 3.63) is 54.2 Å². The molecule has 5 nitrogen and oxygen atoms in total. The summed E-state index contributed by atoms with van der Waals surface area (Å²) in [5.41, 5.74) is -0.115. The highest BCUT2D eigenvalue weighted by atomic mass is 19.4. The van der Waals surface area contributed by atoms with Crippen LogP contribution in [0.25, 0.3) is 33.7 Å². The van der Waals surface area contributed by atoms with Gasteiger partial charge in [-0.15, -0.1) is 0 Å². The van der Waals surface area contributed by atoms with Crippen LogP contribution < -0.4 is 4.74 Å². The molecule has 0 saturated carbocycles. The molecule has 162 valence electrons. The van der Waals surface area contributed by atoms with Gasteiger partial charge in [-0.25, -0.2) is 0 Å². The van der Waals surface area contributed by atoms with Crippen LogP contribution in [0.1, 0.15) is 12.5 Å². The van der Waals surface area contributed by atoms with Crippen LogP contribution in [0.2, 0.25) is 0 Å². The number of fused-ring (bicyclic) bond motifs is 1. The zero-order valence-corrected chi connectivity index (χ0v) is 15.7. The second-order valence-corrected chi connectivity index (χ2v) is 6.71. The summed E-state index contributed by atoms with van der Waals surface area (Å²) in [4.78, 5) is 7.13. The highest BCUT2D eigenvalue weighted by molar-refractivity contribution is 5.83. The first-order valence-electron chi connectivity index (χ1n) is 8.88. The van der Waals surface area contributed by atoms with Gasteiger partial charge in [0.05, 0.1) is 5.56 Å². The van der Waals surface area contributed by atoms with Crippen molar-refractivity contribution in [3.8, 4) is 28.6 Å². The van der Waals surface area contributed by atoms with Crippen molar-refractivity contribution in [2.75, 3.05) is 0 Å². The normalized spacial score (nSPS) is 13.5. The summed E-state index contributed by atoms with van der Waals surface area (Å²) in [5, 5.41) is 4.74. The molecule has 4 aromatic rings. The Balaban J connectivity index is 1.68. The first-order chi connectivity index (χ1) is 14.5. The lowest BCUT2D eigenvalue weighted by Crippen LogP contribution is -2.31. The third-order valence-corrected chi connectivity index (χ3v) is 4.54. The van der Waals surface area contributed by atoms with Crippen LogP contribution in [0, 0.1) is 0 Å². The molecule has 0 aliphatic carbocycles. The molecule has 1 unspecified atom stereocenters. The predicted octanol–water partition coefficient (Wildman–Crippen LogP) is 6.23. The molecular weight excluding hydrogens is 428 g/mol. The molecule has 2 aromatic carbocycles. The molecular formula is C20H13F6N3O2. The Bertz CT molecular complexity index is 1230. The summed E-state index contributed by atoms with van der Waals surface area (Å²) in [6.07, 6.45) is -10.4. The van der Waals surface area contributed by atoms with E-state index in [1.54, 1.807) is 18.3 Å². The second kappa shape index (κ2) is 7.33. The van der Waals surface area contributed by atoms with Crippen molar-refractivity contribution >= 4 is 10.9 Å². The SMILES string of the molecule is CC(Oc1ccc(-c2nc(-c3ccc4cc[nH]c4c3)no2)cc1C(F)(F)F)C(F)(F)F. The van der Waals surface area contributed by atoms with Crippen molar-refractivity contribution in [1.82, 2.24) is 15.1 Å². The minimum atomic E-state index is -4.96. The Hall–Kier alpha value is -3.50. The van der Waals surface area contributed by atoms with Crippen molar-refractivity contribution in [1.29, 1.82) is 0 Å². The number of alkyl halides is 6. The Labute approximate surface area is 170 Å². The van der Waals surface area contributed by atoms with Gasteiger partial charge in [0.25, 0.3) is 5.89 Å². The fourth-order valence-electron chi connectivity index (χ4n) is 2.89. The minimum Gasteiger partial charge on any atom is -0.481 e. The Morgan fingerprint density at radius 3 is 2.42 bits per heavy atom. The summed E-state index contributed by atoms with van der Waals surface area (Å²) in [6, 6.07) is 9.69. The molecule has 0 fully saturated rings. The number of hydrogen-bond acceptors (Lipinski definition) is 4. The predicted molar refractivity (Wildman–Crippen MR) is 98.2 cm³/mol. The standard InChI is InChI=1S/C20H13F6N3O2/c1-10(19(21,22)23)30-16-5-4-13(8-14(16)20(24,25)26)18-28-17(29-31-18)12-3-2-11-6-7-27-15(11)9-12/h2-10,27H,1H3. The average molecular weight is 441 g/mol. The Kier molecular flexibility index (Phi) is 4.91. The van der Waals surface area contributed by atoms with Crippen LogP contribution in [-0.2, 0) is 6.18 Å². The lowest BCUT2D eigenvalue weighted by molar-refractivity contribution is -0.191. The summed E-state index contributed by atoms with van der Waals surface area (Å²) in [7, 11) is 0. The lowest BCUT2D eigenvalue weighted by Gasteiger charge is -2.20. The van der Waals surface area contributed by atoms with Crippen LogP contribution in [0.5, 0.6) is 5.75 Å². The summed E-state index contributed by atoms with van der Waals surface area (Å²) < 4.78 is 88.1. The van der Waals surface area contributed by atoms with Gasteiger partial charge in [0.1, 0.15) is 5.75 Å².